The third-order valence-corrected chi connectivity index (χ3v) is 7.62. The number of piperazine rings is 1. The molecular formula is C24H34N4O2S. The van der Waals surface area contributed by atoms with E-state index in [1.807, 2.05) is 11.0 Å². The first kappa shape index (κ1) is 22.1. The van der Waals surface area contributed by atoms with Gasteiger partial charge in [-0.05, 0) is 44.2 Å². The molecule has 7 heteroatoms. The molecule has 2 aromatic rings. The van der Waals surface area contributed by atoms with Crippen LogP contribution in [0.1, 0.15) is 67.0 Å². The van der Waals surface area contributed by atoms with Crippen LogP contribution in [0.25, 0.3) is 0 Å². The number of carbonyl (C=O) groups excluding carboxylic acids is 1. The fourth-order valence-electron chi connectivity index (χ4n) is 4.60. The largest absolute Gasteiger partial charge is 0.493 e. The lowest BCUT2D eigenvalue weighted by Gasteiger charge is -2.34. The number of carbonyl (C=O) groups is 1. The molecule has 0 radical (unpaired) electrons. The van der Waals surface area contributed by atoms with Crippen LogP contribution in [0.5, 0.6) is 5.75 Å². The molecule has 1 aromatic carbocycles. The van der Waals surface area contributed by atoms with Crippen molar-refractivity contribution in [2.75, 3.05) is 37.7 Å². The number of aryl methyl sites for hydroxylation is 2. The summed E-state index contributed by atoms with van der Waals surface area (Å²) in [4.78, 5) is 16.9. The second-order valence-electron chi connectivity index (χ2n) is 8.80. The Balaban J connectivity index is 1.19. The van der Waals surface area contributed by atoms with Crippen LogP contribution in [-0.4, -0.2) is 53.8 Å². The van der Waals surface area contributed by atoms with Gasteiger partial charge in [-0.2, -0.15) is 0 Å². The fourth-order valence-corrected chi connectivity index (χ4v) is 5.66. The molecule has 1 saturated heterocycles. The lowest BCUT2D eigenvalue weighted by Crippen LogP contribution is -2.48. The van der Waals surface area contributed by atoms with E-state index < -0.39 is 0 Å². The van der Waals surface area contributed by atoms with Crippen molar-refractivity contribution in [1.29, 1.82) is 0 Å². The van der Waals surface area contributed by atoms with Crippen molar-refractivity contribution in [2.24, 2.45) is 0 Å². The van der Waals surface area contributed by atoms with E-state index in [1.165, 1.54) is 37.1 Å². The maximum Gasteiger partial charge on any atom is 0.222 e. The highest BCUT2D eigenvalue weighted by molar-refractivity contribution is 7.15. The Morgan fingerprint density at radius 2 is 1.77 bits per heavy atom. The van der Waals surface area contributed by atoms with Crippen molar-refractivity contribution < 1.29 is 9.53 Å². The fraction of sp³-hybridized carbons (Fsp3) is 0.625. The molecule has 6 nitrogen and oxygen atoms in total. The molecule has 4 rings (SSSR count). The molecule has 0 bridgehead atoms. The van der Waals surface area contributed by atoms with Crippen LogP contribution in [-0.2, 0) is 4.79 Å². The summed E-state index contributed by atoms with van der Waals surface area (Å²) in [6.45, 7) is 7.88. The molecule has 2 aliphatic rings. The van der Waals surface area contributed by atoms with Crippen molar-refractivity contribution in [1.82, 2.24) is 15.1 Å². The lowest BCUT2D eigenvalue weighted by atomic mass is 9.90. The van der Waals surface area contributed by atoms with E-state index in [0.29, 0.717) is 18.9 Å². The molecule has 2 heterocycles. The van der Waals surface area contributed by atoms with Crippen molar-refractivity contribution in [2.45, 2.75) is 64.7 Å². The summed E-state index contributed by atoms with van der Waals surface area (Å²) >= 11 is 1.76. The average molecular weight is 443 g/mol. The maximum atomic E-state index is 12.6. The third-order valence-electron chi connectivity index (χ3n) is 6.48. The SMILES string of the molecule is Cc1cccc(C)c1OCCCC(=O)N1CCN(c2nnc(C3CCCCC3)s2)CC1. The average Bonchev–Trinajstić information content (AvgIpc) is 3.29. The monoisotopic (exact) mass is 442 g/mol. The number of aromatic nitrogens is 2. The number of hydrogen-bond acceptors (Lipinski definition) is 6. The number of anilines is 1. The number of nitrogens with zero attached hydrogens (tertiary/aromatic N) is 4. The van der Waals surface area contributed by atoms with Gasteiger partial charge in [0.15, 0.2) is 0 Å². The van der Waals surface area contributed by atoms with Crippen LogP contribution >= 0.6 is 11.3 Å². The summed E-state index contributed by atoms with van der Waals surface area (Å²) in [6.07, 6.45) is 7.78. The van der Waals surface area contributed by atoms with Gasteiger partial charge in [0.2, 0.25) is 11.0 Å². The number of ether oxygens (including phenoxy) is 1. The Hall–Kier alpha value is -2.15. The Morgan fingerprint density at radius 3 is 2.48 bits per heavy atom. The minimum Gasteiger partial charge on any atom is -0.493 e. The first-order valence-corrected chi connectivity index (χ1v) is 12.5. The second kappa shape index (κ2) is 10.4. The molecule has 0 spiro atoms. The van der Waals surface area contributed by atoms with Gasteiger partial charge in [0.05, 0.1) is 6.61 Å². The smallest absolute Gasteiger partial charge is 0.222 e. The maximum absolute atomic E-state index is 12.6. The Morgan fingerprint density at radius 1 is 1.06 bits per heavy atom. The number of benzene rings is 1. The van der Waals surface area contributed by atoms with E-state index in [2.05, 4.69) is 41.1 Å². The van der Waals surface area contributed by atoms with E-state index in [4.69, 9.17) is 4.74 Å². The molecule has 168 valence electrons. The van der Waals surface area contributed by atoms with Crippen LogP contribution in [0.4, 0.5) is 5.13 Å². The molecule has 0 N–H and O–H groups in total. The normalized spacial score (nSPS) is 17.7. The summed E-state index contributed by atoms with van der Waals surface area (Å²) in [7, 11) is 0. The first-order valence-electron chi connectivity index (χ1n) is 11.7. The standard InChI is InChI=1S/C24H34N4O2S/c1-18-8-6-9-19(2)22(18)30-17-7-12-21(29)27-13-15-28(16-14-27)24-26-25-23(31-24)20-10-4-3-5-11-20/h6,8-9,20H,3-5,7,10-17H2,1-2H3. The predicted octanol–water partition coefficient (Wildman–Crippen LogP) is 4.71. The minimum atomic E-state index is 0.227. The number of amides is 1. The van der Waals surface area contributed by atoms with Crippen LogP contribution < -0.4 is 9.64 Å². The quantitative estimate of drug-likeness (QED) is 0.581. The van der Waals surface area contributed by atoms with Crippen molar-refractivity contribution in [3.05, 3.63) is 34.3 Å². The topological polar surface area (TPSA) is 58.6 Å². The van der Waals surface area contributed by atoms with Gasteiger partial charge in [0.25, 0.3) is 0 Å². The van der Waals surface area contributed by atoms with E-state index in [0.717, 1.165) is 54.6 Å². The molecule has 1 aromatic heterocycles. The molecule has 0 atom stereocenters. The molecule has 31 heavy (non-hydrogen) atoms. The first-order chi connectivity index (χ1) is 15.1. The van der Waals surface area contributed by atoms with Gasteiger partial charge in [-0.3, -0.25) is 4.79 Å². The zero-order chi connectivity index (χ0) is 21.6. The van der Waals surface area contributed by atoms with Gasteiger partial charge in [0.1, 0.15) is 10.8 Å². The van der Waals surface area contributed by atoms with Crippen LogP contribution in [0, 0.1) is 13.8 Å². The van der Waals surface area contributed by atoms with Crippen LogP contribution in [0.2, 0.25) is 0 Å². The van der Waals surface area contributed by atoms with E-state index >= 15 is 0 Å². The highest BCUT2D eigenvalue weighted by Crippen LogP contribution is 2.36. The highest BCUT2D eigenvalue weighted by Gasteiger charge is 2.25. The third kappa shape index (κ3) is 5.56. The molecule has 2 fully saturated rings. The number of para-hydroxylation sites is 1. The number of rotatable bonds is 7. The zero-order valence-corrected chi connectivity index (χ0v) is 19.6. The molecule has 1 saturated carbocycles. The summed E-state index contributed by atoms with van der Waals surface area (Å²) in [5.74, 6) is 1.78. The van der Waals surface area contributed by atoms with Gasteiger partial charge in [-0.15, -0.1) is 10.2 Å². The molecule has 1 aliphatic carbocycles. The zero-order valence-electron chi connectivity index (χ0n) is 18.8. The van der Waals surface area contributed by atoms with Gasteiger partial charge in [-0.1, -0.05) is 48.8 Å². The Labute approximate surface area is 189 Å². The van der Waals surface area contributed by atoms with Crippen LogP contribution in [0.3, 0.4) is 0 Å². The summed E-state index contributed by atoms with van der Waals surface area (Å²) in [5.41, 5.74) is 2.29. The summed E-state index contributed by atoms with van der Waals surface area (Å²) < 4.78 is 5.94. The van der Waals surface area contributed by atoms with E-state index in [9.17, 15) is 4.79 Å². The Kier molecular flexibility index (Phi) is 7.43. The van der Waals surface area contributed by atoms with Crippen LogP contribution in [0.15, 0.2) is 18.2 Å². The predicted molar refractivity (Wildman–Crippen MR) is 125 cm³/mol. The van der Waals surface area contributed by atoms with Gasteiger partial charge in [0, 0.05) is 38.5 Å². The lowest BCUT2D eigenvalue weighted by molar-refractivity contribution is -0.131. The molecule has 1 amide bonds. The van der Waals surface area contributed by atoms with Crippen molar-refractivity contribution in [3.8, 4) is 5.75 Å². The summed E-state index contributed by atoms with van der Waals surface area (Å²) in [5, 5.41) is 11.2. The van der Waals surface area contributed by atoms with E-state index in [-0.39, 0.29) is 5.91 Å². The van der Waals surface area contributed by atoms with Gasteiger partial charge in [-0.25, -0.2) is 0 Å². The summed E-state index contributed by atoms with van der Waals surface area (Å²) in [6, 6.07) is 6.16. The second-order valence-corrected chi connectivity index (χ2v) is 9.79. The van der Waals surface area contributed by atoms with Crippen molar-refractivity contribution >= 4 is 22.4 Å². The molecule has 0 unspecified atom stereocenters. The van der Waals surface area contributed by atoms with Gasteiger partial charge < -0.3 is 14.5 Å². The Bertz CT molecular complexity index is 850. The number of hydrogen-bond donors (Lipinski definition) is 0. The minimum absolute atomic E-state index is 0.227. The van der Waals surface area contributed by atoms with E-state index in [1.54, 1.807) is 11.3 Å². The molecular weight excluding hydrogens is 408 g/mol. The van der Waals surface area contributed by atoms with Crippen molar-refractivity contribution in [3.63, 3.8) is 0 Å². The van der Waals surface area contributed by atoms with Gasteiger partial charge >= 0.3 is 0 Å². The molecule has 1 aliphatic heterocycles. The highest BCUT2D eigenvalue weighted by atomic mass is 32.1.